The first-order valence-electron chi connectivity index (χ1n) is 7.94. The molecule has 21 heavy (non-hydrogen) atoms. The molecular weight excluding hydrogens is 264 g/mol. The summed E-state index contributed by atoms with van der Waals surface area (Å²) in [7, 11) is 1.70. The molecule has 0 spiro atoms. The molecule has 1 aromatic rings. The van der Waals surface area contributed by atoms with E-state index >= 15 is 0 Å². The smallest absolute Gasteiger partial charge is 0.236 e. The quantitative estimate of drug-likeness (QED) is 0.853. The normalized spacial score (nSPS) is 22.7. The van der Waals surface area contributed by atoms with Crippen LogP contribution in [0.25, 0.3) is 0 Å². The maximum Gasteiger partial charge on any atom is 0.236 e. The Morgan fingerprint density at radius 1 is 1.24 bits per heavy atom. The summed E-state index contributed by atoms with van der Waals surface area (Å²) in [6.45, 7) is 3.45. The number of methoxy groups -OCH3 is 1. The third-order valence-corrected chi connectivity index (χ3v) is 4.64. The summed E-state index contributed by atoms with van der Waals surface area (Å²) in [5.41, 5.74) is 1.26. The van der Waals surface area contributed by atoms with Crippen LogP contribution in [0.4, 0.5) is 0 Å². The zero-order valence-electron chi connectivity index (χ0n) is 12.8. The number of likely N-dealkylation sites (tertiary alicyclic amines) is 2. The molecule has 114 valence electrons. The predicted octanol–water partition coefficient (Wildman–Crippen LogP) is 2.45. The number of ether oxygens (including phenoxy) is 1. The molecule has 2 saturated heterocycles. The molecule has 2 aliphatic heterocycles. The fourth-order valence-corrected chi connectivity index (χ4v) is 3.48. The maximum atomic E-state index is 12.4. The summed E-state index contributed by atoms with van der Waals surface area (Å²) >= 11 is 0. The minimum Gasteiger partial charge on any atom is -0.497 e. The van der Waals surface area contributed by atoms with E-state index in [2.05, 4.69) is 17.0 Å². The van der Waals surface area contributed by atoms with Gasteiger partial charge in [0.15, 0.2) is 0 Å². The van der Waals surface area contributed by atoms with Crippen molar-refractivity contribution < 1.29 is 9.53 Å². The van der Waals surface area contributed by atoms with Crippen molar-refractivity contribution >= 4 is 5.91 Å². The van der Waals surface area contributed by atoms with Gasteiger partial charge in [0.25, 0.3) is 0 Å². The van der Waals surface area contributed by atoms with Crippen LogP contribution in [0.3, 0.4) is 0 Å². The summed E-state index contributed by atoms with van der Waals surface area (Å²) in [6.07, 6.45) is 4.60. The summed E-state index contributed by atoms with van der Waals surface area (Å²) < 4.78 is 5.32. The van der Waals surface area contributed by atoms with Crippen LogP contribution in [0.1, 0.15) is 37.3 Å². The van der Waals surface area contributed by atoms with Crippen molar-refractivity contribution in [3.8, 4) is 5.75 Å². The molecule has 0 aliphatic carbocycles. The van der Waals surface area contributed by atoms with E-state index in [9.17, 15) is 4.79 Å². The van der Waals surface area contributed by atoms with Gasteiger partial charge in [-0.2, -0.15) is 0 Å². The van der Waals surface area contributed by atoms with Gasteiger partial charge in [0.1, 0.15) is 5.75 Å². The van der Waals surface area contributed by atoms with Crippen LogP contribution >= 0.6 is 0 Å². The van der Waals surface area contributed by atoms with Gasteiger partial charge in [-0.3, -0.25) is 9.69 Å². The first-order chi connectivity index (χ1) is 10.3. The second-order valence-electron chi connectivity index (χ2n) is 5.99. The number of carbonyl (C=O) groups excluding carboxylic acids is 1. The van der Waals surface area contributed by atoms with Crippen molar-refractivity contribution in [2.45, 2.75) is 31.7 Å². The average Bonchev–Trinajstić information content (AvgIpc) is 3.18. The Kier molecular flexibility index (Phi) is 4.44. The minimum atomic E-state index is 0.294. The van der Waals surface area contributed by atoms with E-state index in [-0.39, 0.29) is 0 Å². The second-order valence-corrected chi connectivity index (χ2v) is 5.99. The maximum absolute atomic E-state index is 12.4. The number of benzene rings is 1. The topological polar surface area (TPSA) is 32.8 Å². The van der Waals surface area contributed by atoms with E-state index in [0.717, 1.165) is 51.1 Å². The van der Waals surface area contributed by atoms with Gasteiger partial charge in [0.2, 0.25) is 5.91 Å². The summed E-state index contributed by atoms with van der Waals surface area (Å²) in [6, 6.07) is 8.60. The van der Waals surface area contributed by atoms with E-state index in [1.54, 1.807) is 7.11 Å². The molecule has 0 N–H and O–H groups in total. The lowest BCUT2D eigenvalue weighted by Crippen LogP contribution is -2.38. The largest absolute Gasteiger partial charge is 0.497 e. The number of nitrogens with zero attached hydrogens (tertiary/aromatic N) is 2. The van der Waals surface area contributed by atoms with Crippen molar-refractivity contribution in [1.29, 1.82) is 0 Å². The highest BCUT2D eigenvalue weighted by molar-refractivity contribution is 5.78. The number of hydrogen-bond acceptors (Lipinski definition) is 3. The van der Waals surface area contributed by atoms with Crippen LogP contribution in [0.5, 0.6) is 5.75 Å². The SMILES string of the molecule is COc1cccc(C2CCCN2CC(=O)N2CCCC2)c1. The van der Waals surface area contributed by atoms with Crippen LogP contribution in [0.2, 0.25) is 0 Å². The predicted molar refractivity (Wildman–Crippen MR) is 82.4 cm³/mol. The van der Waals surface area contributed by atoms with Crippen LogP contribution in [-0.2, 0) is 4.79 Å². The van der Waals surface area contributed by atoms with E-state index < -0.39 is 0 Å². The van der Waals surface area contributed by atoms with Gasteiger partial charge < -0.3 is 9.64 Å². The van der Waals surface area contributed by atoms with Gasteiger partial charge in [0, 0.05) is 19.1 Å². The molecule has 4 nitrogen and oxygen atoms in total. The molecule has 0 saturated carbocycles. The van der Waals surface area contributed by atoms with Gasteiger partial charge in [0.05, 0.1) is 13.7 Å². The molecule has 0 bridgehead atoms. The Balaban J connectivity index is 1.68. The third kappa shape index (κ3) is 3.21. The highest BCUT2D eigenvalue weighted by Gasteiger charge is 2.29. The molecule has 1 aromatic carbocycles. The lowest BCUT2D eigenvalue weighted by atomic mass is 10.0. The van der Waals surface area contributed by atoms with Crippen molar-refractivity contribution in [1.82, 2.24) is 9.80 Å². The van der Waals surface area contributed by atoms with Crippen molar-refractivity contribution in [3.05, 3.63) is 29.8 Å². The van der Waals surface area contributed by atoms with Gasteiger partial charge >= 0.3 is 0 Å². The molecular formula is C17H24N2O2. The van der Waals surface area contributed by atoms with Gasteiger partial charge in [-0.05, 0) is 49.9 Å². The highest BCUT2D eigenvalue weighted by atomic mass is 16.5. The second kappa shape index (κ2) is 6.48. The Bertz CT molecular complexity index is 497. The summed E-state index contributed by atoms with van der Waals surface area (Å²) in [4.78, 5) is 16.7. The monoisotopic (exact) mass is 288 g/mol. The van der Waals surface area contributed by atoms with Gasteiger partial charge in [-0.1, -0.05) is 12.1 Å². The minimum absolute atomic E-state index is 0.294. The molecule has 4 heteroatoms. The van der Waals surface area contributed by atoms with Crippen LogP contribution in [-0.4, -0.2) is 49.0 Å². The number of hydrogen-bond donors (Lipinski definition) is 0. The number of amides is 1. The molecule has 2 fully saturated rings. The summed E-state index contributed by atoms with van der Waals surface area (Å²) in [5, 5.41) is 0. The van der Waals surface area contributed by atoms with Crippen molar-refractivity contribution in [2.75, 3.05) is 33.3 Å². The number of carbonyl (C=O) groups is 1. The molecule has 0 radical (unpaired) electrons. The molecule has 2 aliphatic rings. The molecule has 0 aromatic heterocycles. The zero-order chi connectivity index (χ0) is 14.7. The van der Waals surface area contributed by atoms with E-state index in [0.29, 0.717) is 18.5 Å². The average molecular weight is 288 g/mol. The lowest BCUT2D eigenvalue weighted by Gasteiger charge is -2.26. The van der Waals surface area contributed by atoms with Gasteiger partial charge in [-0.15, -0.1) is 0 Å². The molecule has 2 heterocycles. The Hall–Kier alpha value is -1.55. The lowest BCUT2D eigenvalue weighted by molar-refractivity contribution is -0.131. The summed E-state index contributed by atoms with van der Waals surface area (Å²) in [5.74, 6) is 1.19. The van der Waals surface area contributed by atoms with Crippen molar-refractivity contribution in [2.24, 2.45) is 0 Å². The van der Waals surface area contributed by atoms with E-state index in [1.807, 2.05) is 17.0 Å². The molecule has 1 atom stereocenters. The fourth-order valence-electron chi connectivity index (χ4n) is 3.48. The van der Waals surface area contributed by atoms with Crippen LogP contribution in [0.15, 0.2) is 24.3 Å². The fraction of sp³-hybridized carbons (Fsp3) is 0.588. The highest BCUT2D eigenvalue weighted by Crippen LogP contribution is 2.33. The Morgan fingerprint density at radius 3 is 2.81 bits per heavy atom. The zero-order valence-corrected chi connectivity index (χ0v) is 12.8. The number of rotatable bonds is 4. The van der Waals surface area contributed by atoms with Gasteiger partial charge in [-0.25, -0.2) is 0 Å². The first-order valence-corrected chi connectivity index (χ1v) is 7.94. The Labute approximate surface area is 126 Å². The molecule has 3 rings (SSSR count). The third-order valence-electron chi connectivity index (χ3n) is 4.64. The standard InChI is InChI=1S/C17H24N2O2/c1-21-15-7-4-6-14(12-15)16-8-5-11-19(16)13-17(20)18-9-2-3-10-18/h4,6-7,12,16H,2-3,5,8-11,13H2,1H3. The van der Waals surface area contributed by atoms with Crippen LogP contribution in [0, 0.1) is 0 Å². The van der Waals surface area contributed by atoms with Crippen LogP contribution < -0.4 is 4.74 Å². The first kappa shape index (κ1) is 14.4. The molecule has 1 unspecified atom stereocenters. The van der Waals surface area contributed by atoms with Crippen molar-refractivity contribution in [3.63, 3.8) is 0 Å². The molecule has 1 amide bonds. The van der Waals surface area contributed by atoms with E-state index in [1.165, 1.54) is 5.56 Å². The Morgan fingerprint density at radius 2 is 2.05 bits per heavy atom. The van der Waals surface area contributed by atoms with E-state index in [4.69, 9.17) is 4.74 Å².